The minimum Gasteiger partial charge on any atom is -0.481 e. The van der Waals surface area contributed by atoms with Gasteiger partial charge in [0, 0.05) is 6.61 Å². The molecular weight excluding hydrogens is 192 g/mol. The Morgan fingerprint density at radius 2 is 2.07 bits per heavy atom. The Labute approximate surface area is 92.1 Å². The van der Waals surface area contributed by atoms with E-state index in [0.717, 1.165) is 6.42 Å². The largest absolute Gasteiger partial charge is 0.481 e. The summed E-state index contributed by atoms with van der Waals surface area (Å²) in [6, 6.07) is 0. The van der Waals surface area contributed by atoms with Gasteiger partial charge in [-0.1, -0.05) is 19.1 Å². The molecule has 0 bridgehead atoms. The van der Waals surface area contributed by atoms with Crippen LogP contribution in [0.5, 0.6) is 0 Å². The molecular formula is C12H22O3. The van der Waals surface area contributed by atoms with Crippen molar-refractivity contribution in [2.75, 3.05) is 6.61 Å². The predicted octanol–water partition coefficient (Wildman–Crippen LogP) is 2.71. The summed E-state index contributed by atoms with van der Waals surface area (Å²) < 4.78 is 5.36. The van der Waals surface area contributed by atoms with Gasteiger partial charge in [0.25, 0.3) is 0 Å². The van der Waals surface area contributed by atoms with E-state index in [1.54, 1.807) is 0 Å². The number of carboxylic acid groups (broad SMARTS) is 1. The lowest BCUT2D eigenvalue weighted by Gasteiger charge is -2.25. The molecule has 0 aliphatic carbocycles. The van der Waals surface area contributed by atoms with Gasteiger partial charge in [-0.15, -0.1) is 0 Å². The Bertz CT molecular complexity index is 211. The van der Waals surface area contributed by atoms with Crippen molar-refractivity contribution < 1.29 is 14.6 Å². The predicted molar refractivity (Wildman–Crippen MR) is 60.8 cm³/mol. The monoisotopic (exact) mass is 214 g/mol. The second kappa shape index (κ2) is 7.46. The molecule has 0 aromatic heterocycles. The average molecular weight is 214 g/mol. The molecule has 15 heavy (non-hydrogen) atoms. The summed E-state index contributed by atoms with van der Waals surface area (Å²) in [6.45, 7) is 8.16. The summed E-state index contributed by atoms with van der Waals surface area (Å²) >= 11 is 0. The Morgan fingerprint density at radius 1 is 1.47 bits per heavy atom. The average Bonchev–Trinajstić information content (AvgIpc) is 2.14. The topological polar surface area (TPSA) is 46.5 Å². The number of aliphatic carboxylic acids is 1. The second-order valence-corrected chi connectivity index (χ2v) is 3.81. The van der Waals surface area contributed by atoms with Crippen molar-refractivity contribution in [1.29, 1.82) is 0 Å². The van der Waals surface area contributed by atoms with Crippen LogP contribution in [0.15, 0.2) is 12.2 Å². The lowest BCUT2D eigenvalue weighted by Crippen LogP contribution is -2.33. The van der Waals surface area contributed by atoms with Gasteiger partial charge in [-0.2, -0.15) is 0 Å². The highest BCUT2D eigenvalue weighted by Crippen LogP contribution is 2.22. The van der Waals surface area contributed by atoms with Crippen LogP contribution in [0.4, 0.5) is 0 Å². The zero-order valence-corrected chi connectivity index (χ0v) is 10.1. The fourth-order valence-electron chi connectivity index (χ4n) is 1.77. The summed E-state index contributed by atoms with van der Waals surface area (Å²) in [5.74, 6) is -1.10. The van der Waals surface area contributed by atoms with Gasteiger partial charge in [0.05, 0.1) is 12.0 Å². The van der Waals surface area contributed by atoms with Crippen LogP contribution in [-0.4, -0.2) is 23.8 Å². The van der Waals surface area contributed by atoms with Crippen LogP contribution < -0.4 is 0 Å². The van der Waals surface area contributed by atoms with Crippen LogP contribution in [0, 0.1) is 11.8 Å². The standard InChI is InChI=1S/C12H22O3/c1-5-7-8-9(3)11(12(13)14)10(4)15-6-2/h5,7,9-11H,6,8H2,1-4H3,(H,13,14)/b7-5+/t9-,10?,11-/m1/s1. The zero-order valence-electron chi connectivity index (χ0n) is 10.1. The fraction of sp³-hybridized carbons (Fsp3) is 0.750. The summed E-state index contributed by atoms with van der Waals surface area (Å²) in [5, 5.41) is 9.14. The lowest BCUT2D eigenvalue weighted by atomic mass is 9.87. The highest BCUT2D eigenvalue weighted by Gasteiger charge is 2.30. The Hall–Kier alpha value is -0.830. The number of ether oxygens (including phenoxy) is 1. The quantitative estimate of drug-likeness (QED) is 0.663. The molecule has 0 aliphatic heterocycles. The Balaban J connectivity index is 4.43. The molecule has 0 saturated heterocycles. The molecule has 3 heteroatoms. The van der Waals surface area contributed by atoms with Gasteiger partial charge in [0.2, 0.25) is 0 Å². The van der Waals surface area contributed by atoms with Gasteiger partial charge in [0.1, 0.15) is 0 Å². The van der Waals surface area contributed by atoms with E-state index in [4.69, 9.17) is 9.84 Å². The maximum Gasteiger partial charge on any atom is 0.309 e. The van der Waals surface area contributed by atoms with E-state index in [0.29, 0.717) is 6.61 Å². The van der Waals surface area contributed by atoms with Crippen molar-refractivity contribution in [1.82, 2.24) is 0 Å². The lowest BCUT2D eigenvalue weighted by molar-refractivity contribution is -0.149. The molecule has 0 heterocycles. The first-order valence-electron chi connectivity index (χ1n) is 5.50. The van der Waals surface area contributed by atoms with Crippen LogP contribution in [-0.2, 0) is 9.53 Å². The molecule has 0 saturated carbocycles. The van der Waals surface area contributed by atoms with Crippen molar-refractivity contribution in [3.63, 3.8) is 0 Å². The Morgan fingerprint density at radius 3 is 2.47 bits per heavy atom. The van der Waals surface area contributed by atoms with Gasteiger partial charge in [-0.05, 0) is 33.1 Å². The van der Waals surface area contributed by atoms with Crippen LogP contribution in [0.3, 0.4) is 0 Å². The van der Waals surface area contributed by atoms with E-state index in [1.165, 1.54) is 0 Å². The molecule has 0 aromatic rings. The second-order valence-electron chi connectivity index (χ2n) is 3.81. The minimum absolute atomic E-state index is 0.0975. The first-order valence-corrected chi connectivity index (χ1v) is 5.50. The molecule has 0 rings (SSSR count). The molecule has 88 valence electrons. The van der Waals surface area contributed by atoms with E-state index >= 15 is 0 Å². The summed E-state index contributed by atoms with van der Waals surface area (Å²) in [4.78, 5) is 11.1. The number of hydrogen-bond acceptors (Lipinski definition) is 2. The first-order chi connectivity index (χ1) is 7.04. The van der Waals surface area contributed by atoms with E-state index in [2.05, 4.69) is 0 Å². The van der Waals surface area contributed by atoms with Crippen molar-refractivity contribution in [2.24, 2.45) is 11.8 Å². The third-order valence-electron chi connectivity index (χ3n) is 2.58. The number of rotatable bonds is 7. The molecule has 1 unspecified atom stereocenters. The van der Waals surface area contributed by atoms with Crippen molar-refractivity contribution >= 4 is 5.97 Å². The van der Waals surface area contributed by atoms with E-state index in [-0.39, 0.29) is 12.0 Å². The molecule has 3 nitrogen and oxygen atoms in total. The normalized spacial score (nSPS) is 17.6. The van der Waals surface area contributed by atoms with Gasteiger partial charge < -0.3 is 9.84 Å². The maximum absolute atomic E-state index is 11.1. The van der Waals surface area contributed by atoms with Crippen molar-refractivity contribution in [3.05, 3.63) is 12.2 Å². The van der Waals surface area contributed by atoms with Crippen LogP contribution in [0.25, 0.3) is 0 Å². The van der Waals surface area contributed by atoms with E-state index < -0.39 is 11.9 Å². The fourth-order valence-corrected chi connectivity index (χ4v) is 1.77. The SMILES string of the molecule is C/C=C/C[C@@H](C)[C@@H](C(=O)O)C(C)OCC. The van der Waals surface area contributed by atoms with Crippen LogP contribution >= 0.6 is 0 Å². The number of allylic oxidation sites excluding steroid dienone is 2. The minimum atomic E-state index is -0.770. The van der Waals surface area contributed by atoms with Crippen LogP contribution in [0.2, 0.25) is 0 Å². The van der Waals surface area contributed by atoms with Crippen LogP contribution in [0.1, 0.15) is 34.1 Å². The molecule has 3 atom stereocenters. The van der Waals surface area contributed by atoms with Gasteiger partial charge in [-0.3, -0.25) is 4.79 Å². The molecule has 0 radical (unpaired) electrons. The molecule has 0 aromatic carbocycles. The van der Waals surface area contributed by atoms with Crippen molar-refractivity contribution in [3.8, 4) is 0 Å². The molecule has 0 amide bonds. The molecule has 1 N–H and O–H groups in total. The molecule has 0 fully saturated rings. The van der Waals surface area contributed by atoms with Gasteiger partial charge in [-0.25, -0.2) is 0 Å². The van der Waals surface area contributed by atoms with Gasteiger partial charge in [0.15, 0.2) is 0 Å². The third kappa shape index (κ3) is 4.98. The highest BCUT2D eigenvalue weighted by molar-refractivity contribution is 5.71. The van der Waals surface area contributed by atoms with Gasteiger partial charge >= 0.3 is 5.97 Å². The third-order valence-corrected chi connectivity index (χ3v) is 2.58. The number of hydrogen-bond donors (Lipinski definition) is 1. The summed E-state index contributed by atoms with van der Waals surface area (Å²) in [7, 11) is 0. The summed E-state index contributed by atoms with van der Waals surface area (Å²) in [5.41, 5.74) is 0. The highest BCUT2D eigenvalue weighted by atomic mass is 16.5. The zero-order chi connectivity index (χ0) is 11.8. The molecule has 0 spiro atoms. The first kappa shape index (κ1) is 14.2. The number of carbonyl (C=O) groups is 1. The smallest absolute Gasteiger partial charge is 0.309 e. The maximum atomic E-state index is 11.1. The Kier molecular flexibility index (Phi) is 7.05. The number of carboxylic acids is 1. The van der Waals surface area contributed by atoms with E-state index in [1.807, 2.05) is 39.8 Å². The van der Waals surface area contributed by atoms with Crippen molar-refractivity contribution in [2.45, 2.75) is 40.2 Å². The summed E-state index contributed by atoms with van der Waals surface area (Å²) in [6.07, 6.45) is 4.50. The molecule has 0 aliphatic rings. The van der Waals surface area contributed by atoms with E-state index in [9.17, 15) is 4.79 Å².